The molecule has 0 radical (unpaired) electrons. The molecule has 0 fully saturated rings. The van der Waals surface area contributed by atoms with Crippen molar-refractivity contribution in [2.75, 3.05) is 0 Å². The molecule has 0 aliphatic rings. The third-order valence-corrected chi connectivity index (χ3v) is 1.20. The second-order valence-electron chi connectivity index (χ2n) is 1.91. The fourth-order valence-corrected chi connectivity index (χ4v) is 0.708. The first-order chi connectivity index (χ1) is 5.86. The van der Waals surface area contributed by atoms with Crippen LogP contribution in [0.3, 0.4) is 0 Å². The van der Waals surface area contributed by atoms with Crippen LogP contribution in [0.2, 0.25) is 0 Å². The Balaban J connectivity index is 2.84. The average molecular weight is 163 g/mol. The molecule has 0 amide bonds. The van der Waals surface area contributed by atoms with Crippen molar-refractivity contribution >= 4 is 18.2 Å². The maximum atomic E-state index is 9.88. The van der Waals surface area contributed by atoms with E-state index in [0.29, 0.717) is 17.9 Å². The Morgan fingerprint density at radius 3 is 2.50 bits per heavy atom. The van der Waals surface area contributed by atoms with Crippen molar-refractivity contribution < 1.29 is 14.3 Å². The zero-order valence-electron chi connectivity index (χ0n) is 6.06. The fraction of sp³-hybridized carbons (Fsp3) is 0. The first-order valence-corrected chi connectivity index (χ1v) is 3.15. The van der Waals surface area contributed by atoms with Crippen LogP contribution < -0.4 is 4.74 Å². The van der Waals surface area contributed by atoms with Gasteiger partial charge in [-0.05, 0) is 24.3 Å². The lowest BCUT2D eigenvalue weighted by atomic mass is 10.3. The summed E-state index contributed by atoms with van der Waals surface area (Å²) in [6.45, 7) is 0.331. The summed E-state index contributed by atoms with van der Waals surface area (Å²) in [5.41, 5.74) is 0.475. The number of ether oxygens (including phenoxy) is 1. The Morgan fingerprint density at radius 1 is 1.33 bits per heavy atom. The summed E-state index contributed by atoms with van der Waals surface area (Å²) < 4.78 is 4.52. The molecule has 4 nitrogen and oxygen atoms in total. The van der Waals surface area contributed by atoms with Gasteiger partial charge in [0.25, 0.3) is 6.47 Å². The van der Waals surface area contributed by atoms with Gasteiger partial charge in [0, 0.05) is 0 Å². The summed E-state index contributed by atoms with van der Waals surface area (Å²) in [5.74, 6) is 0.412. The van der Waals surface area contributed by atoms with Gasteiger partial charge in [0.2, 0.25) is 6.08 Å². The van der Waals surface area contributed by atoms with E-state index in [9.17, 15) is 9.59 Å². The molecule has 4 heteroatoms. The zero-order valence-corrected chi connectivity index (χ0v) is 6.06. The van der Waals surface area contributed by atoms with Crippen molar-refractivity contribution in [3.8, 4) is 5.75 Å². The highest BCUT2D eigenvalue weighted by Gasteiger charge is 1.91. The van der Waals surface area contributed by atoms with Gasteiger partial charge in [0.15, 0.2) is 0 Å². The van der Waals surface area contributed by atoms with E-state index >= 15 is 0 Å². The highest BCUT2D eigenvalue weighted by molar-refractivity contribution is 5.52. The third kappa shape index (κ3) is 2.04. The van der Waals surface area contributed by atoms with E-state index in [2.05, 4.69) is 9.73 Å². The number of aliphatic imine (C=N–C) groups is 1. The van der Waals surface area contributed by atoms with Crippen molar-refractivity contribution in [2.24, 2.45) is 4.99 Å². The van der Waals surface area contributed by atoms with Crippen molar-refractivity contribution in [1.29, 1.82) is 0 Å². The molecule has 0 N–H and O–H groups in total. The Hall–Kier alpha value is -1.93. The van der Waals surface area contributed by atoms with Gasteiger partial charge in [0.05, 0.1) is 5.69 Å². The van der Waals surface area contributed by atoms with Gasteiger partial charge in [-0.1, -0.05) is 0 Å². The van der Waals surface area contributed by atoms with Gasteiger partial charge in [-0.3, -0.25) is 4.79 Å². The number of rotatable bonds is 3. The highest BCUT2D eigenvalue weighted by atomic mass is 16.5. The second-order valence-corrected chi connectivity index (χ2v) is 1.91. The maximum Gasteiger partial charge on any atom is 0.298 e. The summed E-state index contributed by atoms with van der Waals surface area (Å²) in [7, 11) is 0. The number of hydrogen-bond acceptors (Lipinski definition) is 4. The lowest BCUT2D eigenvalue weighted by Crippen LogP contribution is -1.86. The van der Waals surface area contributed by atoms with Crippen LogP contribution in [0.1, 0.15) is 0 Å². The minimum Gasteiger partial charge on any atom is -0.429 e. The number of carbonyl (C=O) groups is 1. The van der Waals surface area contributed by atoms with Crippen LogP contribution in [0, 0.1) is 0 Å². The molecule has 60 valence electrons. The third-order valence-electron chi connectivity index (χ3n) is 1.20. The van der Waals surface area contributed by atoms with Crippen LogP contribution in [0.5, 0.6) is 5.75 Å². The van der Waals surface area contributed by atoms with E-state index in [0.717, 1.165) is 0 Å². The van der Waals surface area contributed by atoms with Crippen molar-refractivity contribution in [1.82, 2.24) is 0 Å². The van der Waals surface area contributed by atoms with Gasteiger partial charge in [-0.15, -0.1) is 0 Å². The van der Waals surface area contributed by atoms with Crippen LogP contribution in [0.25, 0.3) is 0 Å². The van der Waals surface area contributed by atoms with E-state index in [4.69, 9.17) is 0 Å². The number of isocyanates is 1. The first-order valence-electron chi connectivity index (χ1n) is 3.15. The van der Waals surface area contributed by atoms with Crippen LogP contribution in [0.15, 0.2) is 29.3 Å². The van der Waals surface area contributed by atoms with Gasteiger partial charge in [-0.25, -0.2) is 4.79 Å². The molecule has 1 aromatic carbocycles. The zero-order chi connectivity index (χ0) is 8.81. The smallest absolute Gasteiger partial charge is 0.298 e. The van der Waals surface area contributed by atoms with Crippen molar-refractivity contribution in [2.45, 2.75) is 0 Å². The highest BCUT2D eigenvalue weighted by Crippen LogP contribution is 2.16. The molecule has 0 unspecified atom stereocenters. The normalized spacial score (nSPS) is 8.33. The summed E-state index contributed by atoms with van der Waals surface area (Å²) >= 11 is 0. The minimum absolute atomic E-state index is 0.331. The monoisotopic (exact) mass is 163 g/mol. The molecule has 0 aliphatic heterocycles. The van der Waals surface area contributed by atoms with Crippen LogP contribution >= 0.6 is 0 Å². The van der Waals surface area contributed by atoms with Crippen LogP contribution in [-0.2, 0) is 9.59 Å². The molecular formula is C8H5NO3. The molecule has 0 aromatic heterocycles. The van der Waals surface area contributed by atoms with Gasteiger partial charge >= 0.3 is 0 Å². The minimum atomic E-state index is 0.331. The predicted octanol–water partition coefficient (Wildman–Crippen LogP) is 1.19. The van der Waals surface area contributed by atoms with Gasteiger partial charge in [-0.2, -0.15) is 4.99 Å². The molecule has 0 saturated heterocycles. The lowest BCUT2D eigenvalue weighted by molar-refractivity contribution is -0.120. The van der Waals surface area contributed by atoms with Gasteiger partial charge < -0.3 is 4.74 Å². The van der Waals surface area contributed by atoms with Gasteiger partial charge in [0.1, 0.15) is 5.75 Å². The Morgan fingerprint density at radius 2 is 2.00 bits per heavy atom. The van der Waals surface area contributed by atoms with Crippen molar-refractivity contribution in [3.63, 3.8) is 0 Å². The maximum absolute atomic E-state index is 9.88. The molecule has 12 heavy (non-hydrogen) atoms. The predicted molar refractivity (Wildman–Crippen MR) is 40.9 cm³/mol. The lowest BCUT2D eigenvalue weighted by Gasteiger charge is -1.95. The fourth-order valence-electron chi connectivity index (χ4n) is 0.708. The molecular weight excluding hydrogens is 158 g/mol. The molecule has 0 heterocycles. The SMILES string of the molecule is O=C=Nc1ccc(OC=O)cc1. The molecule has 0 aliphatic carbocycles. The Labute approximate surface area is 68.5 Å². The average Bonchev–Trinajstić information content (AvgIpc) is 2.09. The molecule has 0 spiro atoms. The number of hydrogen-bond donors (Lipinski definition) is 0. The molecule has 0 bridgehead atoms. The van der Waals surface area contributed by atoms with Crippen LogP contribution in [0.4, 0.5) is 5.69 Å². The van der Waals surface area contributed by atoms with Crippen molar-refractivity contribution in [3.05, 3.63) is 24.3 Å². The van der Waals surface area contributed by atoms with E-state index < -0.39 is 0 Å². The van der Waals surface area contributed by atoms with E-state index in [1.165, 1.54) is 18.2 Å². The number of benzene rings is 1. The van der Waals surface area contributed by atoms with Crippen LogP contribution in [-0.4, -0.2) is 12.6 Å². The van der Waals surface area contributed by atoms with E-state index in [-0.39, 0.29) is 0 Å². The number of nitrogens with zero attached hydrogens (tertiary/aromatic N) is 1. The number of carbonyl (C=O) groups excluding carboxylic acids is 2. The molecule has 1 rings (SSSR count). The Kier molecular flexibility index (Phi) is 2.76. The summed E-state index contributed by atoms with van der Waals surface area (Å²) in [5, 5.41) is 0. The second kappa shape index (κ2) is 4.05. The van der Waals surface area contributed by atoms with E-state index in [1.54, 1.807) is 12.1 Å². The summed E-state index contributed by atoms with van der Waals surface area (Å²) in [6, 6.07) is 6.16. The first kappa shape index (κ1) is 8.17. The molecule has 1 aromatic rings. The standard InChI is InChI=1S/C8H5NO3/c10-5-9-7-1-3-8(4-2-7)12-6-11/h1-4,6H. The van der Waals surface area contributed by atoms with E-state index in [1.807, 2.05) is 0 Å². The quantitative estimate of drug-likeness (QED) is 0.382. The summed E-state index contributed by atoms with van der Waals surface area (Å²) in [4.78, 5) is 23.0. The largest absolute Gasteiger partial charge is 0.429 e. The topological polar surface area (TPSA) is 55.7 Å². The summed E-state index contributed by atoms with van der Waals surface area (Å²) in [6.07, 6.45) is 1.40. The molecule has 0 atom stereocenters. The molecule has 0 saturated carbocycles. The Bertz CT molecular complexity index is 312.